The number of ether oxygens (including phenoxy) is 1. The van der Waals surface area contributed by atoms with Crippen LogP contribution in [0.4, 0.5) is 9.18 Å². The van der Waals surface area contributed by atoms with Crippen LogP contribution in [-0.2, 0) is 14.3 Å². The van der Waals surface area contributed by atoms with Gasteiger partial charge >= 0.3 is 12.1 Å². The number of carbonyl (C=O) groups excluding carboxylic acids is 3. The summed E-state index contributed by atoms with van der Waals surface area (Å²) in [6.07, 6.45) is -0.972. The van der Waals surface area contributed by atoms with E-state index in [0.29, 0.717) is 16.8 Å². The first-order valence-corrected chi connectivity index (χ1v) is 13.2. The molecule has 0 bridgehead atoms. The van der Waals surface area contributed by atoms with Crippen molar-refractivity contribution in [1.82, 2.24) is 25.1 Å². The van der Waals surface area contributed by atoms with Crippen LogP contribution in [0.2, 0.25) is 0 Å². The Morgan fingerprint density at radius 2 is 1.63 bits per heavy atom. The standard InChI is InChI=1S/C29H30FN5O6/c1-2-41-29(40)35-15-13-34(14-16-35)28(39)22(11-12-25(36)37)33-27(38)24-18-23(20-9-6-10-21(30)17-20)31-26(32-24)19-7-4-3-5-8-19/h3-10,17-18,22H,2,11-16H2,1H3,(H,33,38)(H,36,37). The maximum Gasteiger partial charge on any atom is 0.409 e. The van der Waals surface area contributed by atoms with Crippen molar-refractivity contribution in [3.05, 3.63) is 72.2 Å². The molecule has 41 heavy (non-hydrogen) atoms. The van der Waals surface area contributed by atoms with E-state index in [9.17, 15) is 28.7 Å². The Morgan fingerprint density at radius 1 is 0.951 bits per heavy atom. The number of carboxylic acids is 1. The highest BCUT2D eigenvalue weighted by atomic mass is 19.1. The molecule has 1 aromatic heterocycles. The molecule has 1 atom stereocenters. The highest BCUT2D eigenvalue weighted by Crippen LogP contribution is 2.23. The van der Waals surface area contributed by atoms with Crippen molar-refractivity contribution in [2.45, 2.75) is 25.8 Å². The van der Waals surface area contributed by atoms with E-state index in [1.807, 2.05) is 6.07 Å². The second-order valence-electron chi connectivity index (χ2n) is 9.31. The van der Waals surface area contributed by atoms with Crippen LogP contribution in [0.1, 0.15) is 30.3 Å². The summed E-state index contributed by atoms with van der Waals surface area (Å²) in [4.78, 5) is 62.1. The summed E-state index contributed by atoms with van der Waals surface area (Å²) >= 11 is 0. The molecule has 0 aliphatic carbocycles. The Bertz CT molecular complexity index is 1410. The molecule has 214 valence electrons. The largest absolute Gasteiger partial charge is 0.481 e. The third kappa shape index (κ3) is 7.62. The summed E-state index contributed by atoms with van der Waals surface area (Å²) < 4.78 is 19.0. The fourth-order valence-corrected chi connectivity index (χ4v) is 4.38. The lowest BCUT2D eigenvalue weighted by Crippen LogP contribution is -2.56. The molecule has 2 N–H and O–H groups in total. The van der Waals surface area contributed by atoms with Crippen LogP contribution in [0.5, 0.6) is 0 Å². The first kappa shape index (κ1) is 29.1. The molecule has 0 spiro atoms. The second-order valence-corrected chi connectivity index (χ2v) is 9.31. The lowest BCUT2D eigenvalue weighted by molar-refractivity contribution is -0.138. The van der Waals surface area contributed by atoms with Gasteiger partial charge in [-0.05, 0) is 31.5 Å². The van der Waals surface area contributed by atoms with Crippen molar-refractivity contribution in [3.63, 3.8) is 0 Å². The van der Waals surface area contributed by atoms with Crippen LogP contribution in [0.25, 0.3) is 22.6 Å². The van der Waals surface area contributed by atoms with Gasteiger partial charge in [-0.25, -0.2) is 19.2 Å². The molecular weight excluding hydrogens is 533 g/mol. The number of hydrogen-bond acceptors (Lipinski definition) is 7. The molecule has 1 saturated heterocycles. The van der Waals surface area contributed by atoms with Gasteiger partial charge in [0.05, 0.1) is 12.3 Å². The highest BCUT2D eigenvalue weighted by molar-refractivity contribution is 5.97. The minimum absolute atomic E-state index is 0.0710. The lowest BCUT2D eigenvalue weighted by Gasteiger charge is -2.35. The average molecular weight is 564 g/mol. The molecule has 1 aliphatic rings. The van der Waals surface area contributed by atoms with E-state index >= 15 is 0 Å². The van der Waals surface area contributed by atoms with E-state index in [4.69, 9.17) is 4.74 Å². The van der Waals surface area contributed by atoms with Gasteiger partial charge in [-0.3, -0.25) is 14.4 Å². The SMILES string of the molecule is CCOC(=O)N1CCN(C(=O)C(CCC(=O)O)NC(=O)c2cc(-c3cccc(F)c3)nc(-c3ccccc3)n2)CC1. The van der Waals surface area contributed by atoms with Gasteiger partial charge in [0.1, 0.15) is 17.6 Å². The Morgan fingerprint density at radius 3 is 2.29 bits per heavy atom. The minimum Gasteiger partial charge on any atom is -0.481 e. The van der Waals surface area contributed by atoms with Crippen LogP contribution in [0, 0.1) is 5.82 Å². The molecule has 0 radical (unpaired) electrons. The van der Waals surface area contributed by atoms with Crippen molar-refractivity contribution in [2.75, 3.05) is 32.8 Å². The number of piperazine rings is 1. The molecule has 1 aliphatic heterocycles. The van der Waals surface area contributed by atoms with Crippen molar-refractivity contribution >= 4 is 23.9 Å². The number of aromatic nitrogens is 2. The molecule has 0 saturated carbocycles. The van der Waals surface area contributed by atoms with E-state index in [2.05, 4.69) is 15.3 Å². The van der Waals surface area contributed by atoms with Gasteiger partial charge in [-0.1, -0.05) is 42.5 Å². The monoisotopic (exact) mass is 563 g/mol. The number of nitrogens with one attached hydrogen (secondary N) is 1. The average Bonchev–Trinajstić information content (AvgIpc) is 2.99. The number of hydrogen-bond donors (Lipinski definition) is 2. The van der Waals surface area contributed by atoms with E-state index in [1.54, 1.807) is 37.3 Å². The van der Waals surface area contributed by atoms with Crippen LogP contribution in [0.15, 0.2) is 60.7 Å². The maximum absolute atomic E-state index is 14.0. The molecule has 3 amide bonds. The number of amides is 3. The Hall–Kier alpha value is -4.87. The van der Waals surface area contributed by atoms with Gasteiger partial charge in [-0.15, -0.1) is 0 Å². The fraction of sp³-hybridized carbons (Fsp3) is 0.310. The van der Waals surface area contributed by atoms with E-state index in [0.717, 1.165) is 0 Å². The second kappa shape index (κ2) is 13.5. The lowest BCUT2D eigenvalue weighted by atomic mass is 10.1. The van der Waals surface area contributed by atoms with Crippen molar-refractivity contribution in [3.8, 4) is 22.6 Å². The first-order valence-electron chi connectivity index (χ1n) is 13.2. The summed E-state index contributed by atoms with van der Waals surface area (Å²) in [5.41, 5.74) is 1.28. The quantitative estimate of drug-likeness (QED) is 0.404. The predicted octanol–water partition coefficient (Wildman–Crippen LogP) is 3.21. The highest BCUT2D eigenvalue weighted by Gasteiger charge is 2.31. The number of carbonyl (C=O) groups is 4. The smallest absolute Gasteiger partial charge is 0.409 e. The summed E-state index contributed by atoms with van der Waals surface area (Å²) in [5, 5.41) is 11.9. The number of halogens is 1. The van der Waals surface area contributed by atoms with Crippen LogP contribution in [-0.4, -0.2) is 87.6 Å². The maximum atomic E-state index is 14.0. The van der Waals surface area contributed by atoms with Gasteiger partial charge in [0.25, 0.3) is 5.91 Å². The van der Waals surface area contributed by atoms with Crippen molar-refractivity contribution in [2.24, 2.45) is 0 Å². The fourth-order valence-electron chi connectivity index (χ4n) is 4.38. The Kier molecular flexibility index (Phi) is 9.56. The zero-order valence-corrected chi connectivity index (χ0v) is 22.5. The number of aliphatic carboxylic acids is 1. The van der Waals surface area contributed by atoms with Crippen molar-refractivity contribution < 1.29 is 33.4 Å². The molecule has 3 aromatic rings. The van der Waals surface area contributed by atoms with Crippen LogP contribution >= 0.6 is 0 Å². The normalized spacial score (nSPS) is 13.8. The minimum atomic E-state index is -1.15. The Balaban J connectivity index is 1.59. The molecule has 1 fully saturated rings. The molecule has 11 nitrogen and oxygen atoms in total. The van der Waals surface area contributed by atoms with Crippen molar-refractivity contribution in [1.29, 1.82) is 0 Å². The Labute approximate surface area is 236 Å². The molecule has 2 heterocycles. The summed E-state index contributed by atoms with van der Waals surface area (Å²) in [5.74, 6) is -2.55. The number of carboxylic acid groups (broad SMARTS) is 1. The molecule has 12 heteroatoms. The zero-order chi connectivity index (χ0) is 29.4. The van der Waals surface area contributed by atoms with Gasteiger partial charge in [0, 0.05) is 43.7 Å². The van der Waals surface area contributed by atoms with Gasteiger partial charge in [-0.2, -0.15) is 0 Å². The summed E-state index contributed by atoms with van der Waals surface area (Å²) in [7, 11) is 0. The summed E-state index contributed by atoms with van der Waals surface area (Å²) in [6, 6.07) is 14.9. The number of benzene rings is 2. The molecular formula is C29H30FN5O6. The molecule has 4 rings (SSSR count). The van der Waals surface area contributed by atoms with E-state index < -0.39 is 35.7 Å². The van der Waals surface area contributed by atoms with Gasteiger partial charge < -0.3 is 25.0 Å². The zero-order valence-electron chi connectivity index (χ0n) is 22.5. The number of rotatable bonds is 9. The van der Waals surface area contributed by atoms with E-state index in [1.165, 1.54) is 34.1 Å². The van der Waals surface area contributed by atoms with Crippen LogP contribution in [0.3, 0.4) is 0 Å². The van der Waals surface area contributed by atoms with E-state index in [-0.39, 0.29) is 57.1 Å². The third-order valence-corrected chi connectivity index (χ3v) is 6.48. The summed E-state index contributed by atoms with van der Waals surface area (Å²) in [6.45, 7) is 2.83. The topological polar surface area (TPSA) is 142 Å². The predicted molar refractivity (Wildman–Crippen MR) is 146 cm³/mol. The first-order chi connectivity index (χ1) is 19.7. The van der Waals surface area contributed by atoms with Gasteiger partial charge in [0.15, 0.2) is 5.82 Å². The van der Waals surface area contributed by atoms with Crippen LogP contribution < -0.4 is 5.32 Å². The number of nitrogens with zero attached hydrogens (tertiary/aromatic N) is 4. The van der Waals surface area contributed by atoms with Gasteiger partial charge in [0.2, 0.25) is 5.91 Å². The molecule has 2 aromatic carbocycles. The third-order valence-electron chi connectivity index (χ3n) is 6.48. The molecule has 1 unspecified atom stereocenters.